The Kier molecular flexibility index (Phi) is 4.24. The molecule has 3 rings (SSSR count). The molecule has 0 aliphatic rings. The minimum atomic E-state index is 0.726. The number of unbranched alkanes of at least 4 members (excludes halogenated alkanes) is 2. The van der Waals surface area contributed by atoms with Crippen molar-refractivity contribution in [1.29, 1.82) is 0 Å². The van der Waals surface area contributed by atoms with E-state index in [9.17, 15) is 0 Å². The quantitative estimate of drug-likeness (QED) is 0.649. The Morgan fingerprint density at radius 3 is 2.81 bits per heavy atom. The van der Waals surface area contributed by atoms with Crippen LogP contribution in [0.25, 0.3) is 11.0 Å². The largest absolute Gasteiger partial charge is 0.243 e. The molecule has 4 nitrogen and oxygen atoms in total. The number of aromatic nitrogens is 4. The second-order valence-corrected chi connectivity index (χ2v) is 5.23. The van der Waals surface area contributed by atoms with Crippen molar-refractivity contribution in [2.75, 3.05) is 0 Å². The van der Waals surface area contributed by atoms with Crippen molar-refractivity contribution in [1.82, 2.24) is 19.7 Å². The van der Waals surface area contributed by atoms with Gasteiger partial charge in [-0.25, -0.2) is 14.6 Å². The lowest BCUT2D eigenvalue weighted by atomic mass is 10.2. The van der Waals surface area contributed by atoms with Crippen LogP contribution >= 0.6 is 0 Å². The number of rotatable bonds is 6. The maximum Gasteiger partial charge on any atom is 0.162 e. The van der Waals surface area contributed by atoms with E-state index in [1.54, 1.807) is 6.20 Å². The van der Waals surface area contributed by atoms with Crippen LogP contribution in [-0.4, -0.2) is 19.7 Å². The summed E-state index contributed by atoms with van der Waals surface area (Å²) in [6, 6.07) is 10.3. The van der Waals surface area contributed by atoms with Crippen LogP contribution < -0.4 is 0 Å². The van der Waals surface area contributed by atoms with E-state index >= 15 is 0 Å². The summed E-state index contributed by atoms with van der Waals surface area (Å²) < 4.78 is 1.92. The summed E-state index contributed by atoms with van der Waals surface area (Å²) in [5.41, 5.74) is 2.09. The van der Waals surface area contributed by atoms with Gasteiger partial charge in [0, 0.05) is 6.42 Å². The summed E-state index contributed by atoms with van der Waals surface area (Å²) in [4.78, 5) is 8.97. The molecule has 2 aromatic heterocycles. The highest BCUT2D eigenvalue weighted by Gasteiger charge is 2.07. The van der Waals surface area contributed by atoms with Crippen molar-refractivity contribution >= 4 is 11.0 Å². The molecule has 1 radical (unpaired) electrons. The molecular weight excluding hydrogens is 260 g/mol. The maximum absolute atomic E-state index is 4.66. The van der Waals surface area contributed by atoms with Gasteiger partial charge in [0.1, 0.15) is 12.0 Å². The second-order valence-electron chi connectivity index (χ2n) is 5.23. The first-order valence-corrected chi connectivity index (χ1v) is 7.51. The molecule has 0 saturated heterocycles. The molecule has 0 bridgehead atoms. The third-order valence-corrected chi connectivity index (χ3v) is 3.53. The van der Waals surface area contributed by atoms with Gasteiger partial charge in [-0.3, -0.25) is 0 Å². The molecule has 0 N–H and O–H groups in total. The standard InChI is InChI=1S/C17H19N4/c1-2-3-5-10-16-18-11-15-12-19-21(17(15)20-16)13-14-8-6-4-7-9-14/h4,6-9,12H,2-3,5,10,13H2,1H3. The molecule has 0 spiro atoms. The Balaban J connectivity index is 1.83. The first-order valence-electron chi connectivity index (χ1n) is 7.51. The Morgan fingerprint density at radius 1 is 1.14 bits per heavy atom. The van der Waals surface area contributed by atoms with E-state index in [-0.39, 0.29) is 0 Å². The van der Waals surface area contributed by atoms with Crippen molar-refractivity contribution in [3.63, 3.8) is 0 Å². The Labute approximate surface area is 124 Å². The van der Waals surface area contributed by atoms with Gasteiger partial charge >= 0.3 is 0 Å². The van der Waals surface area contributed by atoms with Crippen molar-refractivity contribution in [3.8, 4) is 0 Å². The van der Waals surface area contributed by atoms with Crippen LogP contribution in [0.15, 0.2) is 36.5 Å². The number of aryl methyl sites for hydroxylation is 1. The highest BCUT2D eigenvalue weighted by molar-refractivity contribution is 5.72. The average molecular weight is 279 g/mol. The summed E-state index contributed by atoms with van der Waals surface area (Å²) in [5, 5.41) is 5.29. The van der Waals surface area contributed by atoms with Gasteiger partial charge in [0.25, 0.3) is 0 Å². The first-order chi connectivity index (χ1) is 10.4. The molecule has 2 heterocycles. The fraction of sp³-hybridized carbons (Fsp3) is 0.353. The van der Waals surface area contributed by atoms with E-state index in [1.807, 2.05) is 22.9 Å². The maximum atomic E-state index is 4.66. The molecule has 0 atom stereocenters. The molecule has 1 aromatic carbocycles. The first kappa shape index (κ1) is 13.7. The van der Waals surface area contributed by atoms with Gasteiger partial charge in [-0.2, -0.15) is 5.10 Å². The molecule has 107 valence electrons. The van der Waals surface area contributed by atoms with Crippen molar-refractivity contribution in [2.45, 2.75) is 39.2 Å². The zero-order valence-electron chi connectivity index (χ0n) is 12.3. The second kappa shape index (κ2) is 6.48. The van der Waals surface area contributed by atoms with Crippen LogP contribution in [0, 0.1) is 6.20 Å². The molecule has 21 heavy (non-hydrogen) atoms. The van der Waals surface area contributed by atoms with Gasteiger partial charge in [0.05, 0.1) is 18.1 Å². The van der Waals surface area contributed by atoms with Gasteiger partial charge in [-0.1, -0.05) is 50.1 Å². The predicted octanol–water partition coefficient (Wildman–Crippen LogP) is 3.41. The monoisotopic (exact) mass is 279 g/mol. The number of benzene rings is 1. The van der Waals surface area contributed by atoms with E-state index in [0.29, 0.717) is 0 Å². The topological polar surface area (TPSA) is 43.6 Å². The van der Waals surface area contributed by atoms with Crippen molar-refractivity contribution in [2.24, 2.45) is 0 Å². The van der Waals surface area contributed by atoms with E-state index in [0.717, 1.165) is 36.2 Å². The molecule has 0 aliphatic carbocycles. The van der Waals surface area contributed by atoms with Gasteiger partial charge in [0.15, 0.2) is 5.65 Å². The molecule has 3 aromatic rings. The summed E-state index contributed by atoms with van der Waals surface area (Å²) in [6.45, 7) is 2.93. The van der Waals surface area contributed by atoms with Crippen LogP contribution in [0.3, 0.4) is 0 Å². The zero-order valence-corrected chi connectivity index (χ0v) is 12.3. The molecule has 4 heteroatoms. The summed E-state index contributed by atoms with van der Waals surface area (Å²) >= 11 is 0. The predicted molar refractivity (Wildman–Crippen MR) is 82.9 cm³/mol. The van der Waals surface area contributed by atoms with Gasteiger partial charge in [-0.15, -0.1) is 0 Å². The van der Waals surface area contributed by atoms with E-state index in [1.165, 1.54) is 18.4 Å². The molecule has 0 saturated carbocycles. The lowest BCUT2D eigenvalue weighted by molar-refractivity contribution is 0.681. The van der Waals surface area contributed by atoms with Crippen molar-refractivity contribution < 1.29 is 0 Å². The van der Waals surface area contributed by atoms with Crippen LogP contribution in [0.1, 0.15) is 37.6 Å². The normalized spacial score (nSPS) is 11.1. The number of hydrogen-bond acceptors (Lipinski definition) is 3. The van der Waals surface area contributed by atoms with Gasteiger partial charge in [0.2, 0.25) is 0 Å². The molecule has 0 aliphatic heterocycles. The molecule has 0 amide bonds. The highest BCUT2D eigenvalue weighted by Crippen LogP contribution is 2.13. The molecular formula is C17H19N4. The number of hydrogen-bond donors (Lipinski definition) is 0. The lowest BCUT2D eigenvalue weighted by Crippen LogP contribution is -2.04. The van der Waals surface area contributed by atoms with Crippen LogP contribution in [0.5, 0.6) is 0 Å². The SMILES string of the molecule is CCCCCc1n[c]c2cnn(Cc3ccccc3)c2n1. The number of nitrogens with zero attached hydrogens (tertiary/aromatic N) is 4. The Morgan fingerprint density at radius 2 is 2.00 bits per heavy atom. The van der Waals surface area contributed by atoms with E-state index < -0.39 is 0 Å². The third kappa shape index (κ3) is 3.27. The molecule has 0 unspecified atom stereocenters. The lowest BCUT2D eigenvalue weighted by Gasteiger charge is -2.04. The van der Waals surface area contributed by atoms with Crippen LogP contribution in [-0.2, 0) is 13.0 Å². The summed E-state index contributed by atoms with van der Waals surface area (Å²) in [5.74, 6) is 0.866. The third-order valence-electron chi connectivity index (χ3n) is 3.53. The Bertz CT molecular complexity index is 703. The van der Waals surface area contributed by atoms with E-state index in [2.05, 4.69) is 40.3 Å². The summed E-state index contributed by atoms with van der Waals surface area (Å²) in [6.07, 6.45) is 9.30. The number of fused-ring (bicyclic) bond motifs is 1. The highest BCUT2D eigenvalue weighted by atomic mass is 15.3. The fourth-order valence-electron chi connectivity index (χ4n) is 2.36. The smallest absolute Gasteiger partial charge is 0.162 e. The minimum Gasteiger partial charge on any atom is -0.243 e. The van der Waals surface area contributed by atoms with Crippen LogP contribution in [0.2, 0.25) is 0 Å². The zero-order chi connectivity index (χ0) is 14.5. The Hall–Kier alpha value is -2.23. The van der Waals surface area contributed by atoms with Gasteiger partial charge < -0.3 is 0 Å². The van der Waals surface area contributed by atoms with Gasteiger partial charge in [-0.05, 0) is 12.0 Å². The average Bonchev–Trinajstić information content (AvgIpc) is 2.91. The van der Waals surface area contributed by atoms with Crippen molar-refractivity contribution in [3.05, 3.63) is 54.1 Å². The molecule has 0 fully saturated rings. The van der Waals surface area contributed by atoms with E-state index in [4.69, 9.17) is 0 Å². The fourth-order valence-corrected chi connectivity index (χ4v) is 2.36. The minimum absolute atomic E-state index is 0.726. The van der Waals surface area contributed by atoms with Crippen LogP contribution in [0.4, 0.5) is 0 Å². The summed E-state index contributed by atoms with van der Waals surface area (Å²) in [7, 11) is 0.